The Morgan fingerprint density at radius 1 is 1.14 bits per heavy atom. The standard InChI is InChI=1S/C17H28Cl2N2/c1-6-12-20-16(17(7-2,8-3)21(4)5)13-10-9-11-14(18)15(13)19/h9-11,16,20H,6-8,12H2,1-5H3. The molecule has 1 atom stereocenters. The maximum absolute atomic E-state index is 6.50. The van der Waals surface area contributed by atoms with Gasteiger partial charge >= 0.3 is 0 Å². The van der Waals surface area contributed by atoms with E-state index in [9.17, 15) is 0 Å². The highest BCUT2D eigenvalue weighted by Crippen LogP contribution is 2.40. The SMILES string of the molecule is CCCNC(c1cccc(Cl)c1Cl)C(CC)(CC)N(C)C. The summed E-state index contributed by atoms with van der Waals surface area (Å²) < 4.78 is 0. The summed E-state index contributed by atoms with van der Waals surface area (Å²) in [5, 5.41) is 4.98. The van der Waals surface area contributed by atoms with Crippen molar-refractivity contribution in [3.63, 3.8) is 0 Å². The number of hydrogen-bond acceptors (Lipinski definition) is 2. The van der Waals surface area contributed by atoms with Gasteiger partial charge in [-0.05, 0) is 51.5 Å². The summed E-state index contributed by atoms with van der Waals surface area (Å²) in [6.45, 7) is 7.62. The van der Waals surface area contributed by atoms with Crippen LogP contribution in [0.15, 0.2) is 18.2 Å². The van der Waals surface area contributed by atoms with Gasteiger partial charge in [0.2, 0.25) is 0 Å². The predicted octanol–water partition coefficient (Wildman–Crippen LogP) is 5.15. The highest BCUT2D eigenvalue weighted by molar-refractivity contribution is 6.42. The zero-order valence-corrected chi connectivity index (χ0v) is 15.4. The van der Waals surface area contributed by atoms with Gasteiger partial charge in [0.25, 0.3) is 0 Å². The van der Waals surface area contributed by atoms with Crippen molar-refractivity contribution in [3.8, 4) is 0 Å². The Bertz CT molecular complexity index is 442. The maximum atomic E-state index is 6.50. The van der Waals surface area contributed by atoms with E-state index in [0.29, 0.717) is 10.0 Å². The van der Waals surface area contributed by atoms with Gasteiger partial charge in [0.15, 0.2) is 0 Å². The molecule has 1 rings (SSSR count). The molecule has 2 nitrogen and oxygen atoms in total. The van der Waals surface area contributed by atoms with Crippen LogP contribution in [0.4, 0.5) is 0 Å². The zero-order chi connectivity index (χ0) is 16.0. The fourth-order valence-corrected chi connectivity index (χ4v) is 3.59. The van der Waals surface area contributed by atoms with E-state index >= 15 is 0 Å². The van der Waals surface area contributed by atoms with Crippen molar-refractivity contribution < 1.29 is 0 Å². The quantitative estimate of drug-likeness (QED) is 0.708. The first-order valence-corrected chi connectivity index (χ1v) is 8.54. The maximum Gasteiger partial charge on any atom is 0.0640 e. The molecule has 21 heavy (non-hydrogen) atoms. The fraction of sp³-hybridized carbons (Fsp3) is 0.647. The summed E-state index contributed by atoms with van der Waals surface area (Å²) in [7, 11) is 4.29. The first-order valence-electron chi connectivity index (χ1n) is 7.79. The van der Waals surface area contributed by atoms with Gasteiger partial charge in [-0.2, -0.15) is 0 Å². The van der Waals surface area contributed by atoms with Gasteiger partial charge in [0.05, 0.1) is 16.1 Å². The molecular weight excluding hydrogens is 303 g/mol. The van der Waals surface area contributed by atoms with E-state index < -0.39 is 0 Å². The molecule has 4 heteroatoms. The highest BCUT2D eigenvalue weighted by Gasteiger charge is 2.39. The van der Waals surface area contributed by atoms with Crippen molar-refractivity contribution in [2.75, 3.05) is 20.6 Å². The molecule has 0 aliphatic heterocycles. The third-order valence-electron chi connectivity index (χ3n) is 4.54. The van der Waals surface area contributed by atoms with Gasteiger partial charge in [-0.25, -0.2) is 0 Å². The molecular formula is C17H28Cl2N2. The zero-order valence-electron chi connectivity index (χ0n) is 13.8. The molecule has 0 spiro atoms. The largest absolute Gasteiger partial charge is 0.308 e. The molecule has 0 radical (unpaired) electrons. The summed E-state index contributed by atoms with van der Waals surface area (Å²) in [5.74, 6) is 0. The third-order valence-corrected chi connectivity index (χ3v) is 5.38. The monoisotopic (exact) mass is 330 g/mol. The van der Waals surface area contributed by atoms with E-state index in [1.165, 1.54) is 0 Å². The van der Waals surface area contributed by atoms with Gasteiger partial charge in [-0.15, -0.1) is 0 Å². The lowest BCUT2D eigenvalue weighted by molar-refractivity contribution is 0.0881. The summed E-state index contributed by atoms with van der Waals surface area (Å²) in [6, 6.07) is 6.08. The molecule has 0 fully saturated rings. The molecule has 120 valence electrons. The van der Waals surface area contributed by atoms with Crippen LogP contribution in [-0.2, 0) is 0 Å². The van der Waals surface area contributed by atoms with Gasteiger partial charge in [0, 0.05) is 5.54 Å². The molecule has 1 aromatic carbocycles. The molecule has 0 bridgehead atoms. The lowest BCUT2D eigenvalue weighted by Crippen LogP contribution is -2.53. The Morgan fingerprint density at radius 2 is 1.76 bits per heavy atom. The van der Waals surface area contributed by atoms with Gasteiger partial charge in [-0.3, -0.25) is 0 Å². The minimum atomic E-state index is 0.0174. The van der Waals surface area contributed by atoms with Gasteiger partial charge in [0.1, 0.15) is 0 Å². The molecule has 1 unspecified atom stereocenters. The van der Waals surface area contributed by atoms with E-state index in [-0.39, 0.29) is 11.6 Å². The van der Waals surface area contributed by atoms with Crippen LogP contribution in [0.25, 0.3) is 0 Å². The molecule has 1 aromatic rings. The van der Waals surface area contributed by atoms with E-state index in [4.69, 9.17) is 23.2 Å². The van der Waals surface area contributed by atoms with Crippen molar-refractivity contribution in [3.05, 3.63) is 33.8 Å². The number of nitrogens with zero attached hydrogens (tertiary/aromatic N) is 1. The van der Waals surface area contributed by atoms with Crippen LogP contribution in [0.5, 0.6) is 0 Å². The van der Waals surface area contributed by atoms with Crippen molar-refractivity contribution >= 4 is 23.2 Å². The van der Waals surface area contributed by atoms with Crippen molar-refractivity contribution in [2.45, 2.75) is 51.6 Å². The molecule has 0 aromatic heterocycles. The number of halogens is 2. The second kappa shape index (κ2) is 8.38. The summed E-state index contributed by atoms with van der Waals surface area (Å²) in [6.07, 6.45) is 3.17. The van der Waals surface area contributed by atoms with E-state index in [2.05, 4.69) is 51.1 Å². The molecule has 0 amide bonds. The van der Waals surface area contributed by atoms with Crippen LogP contribution in [0.3, 0.4) is 0 Å². The van der Waals surface area contributed by atoms with Crippen LogP contribution >= 0.6 is 23.2 Å². The van der Waals surface area contributed by atoms with Crippen LogP contribution in [-0.4, -0.2) is 31.1 Å². The smallest absolute Gasteiger partial charge is 0.0640 e. The number of benzene rings is 1. The van der Waals surface area contributed by atoms with Gasteiger partial charge in [-0.1, -0.05) is 56.1 Å². The lowest BCUT2D eigenvalue weighted by atomic mass is 9.79. The van der Waals surface area contributed by atoms with E-state index in [1.807, 2.05) is 12.1 Å². The number of nitrogens with one attached hydrogen (secondary N) is 1. The molecule has 0 saturated heterocycles. The Labute approximate surface area is 139 Å². The molecule has 0 aliphatic carbocycles. The van der Waals surface area contributed by atoms with Crippen LogP contribution in [0.2, 0.25) is 10.0 Å². The highest BCUT2D eigenvalue weighted by atomic mass is 35.5. The fourth-order valence-electron chi connectivity index (χ4n) is 3.17. The molecule has 0 aliphatic rings. The summed E-state index contributed by atoms with van der Waals surface area (Å²) in [4.78, 5) is 2.32. The topological polar surface area (TPSA) is 15.3 Å². The second-order valence-electron chi connectivity index (χ2n) is 5.74. The van der Waals surface area contributed by atoms with Crippen molar-refractivity contribution in [1.29, 1.82) is 0 Å². The van der Waals surface area contributed by atoms with E-state index in [0.717, 1.165) is 31.4 Å². The molecule has 0 saturated carbocycles. The second-order valence-corrected chi connectivity index (χ2v) is 6.52. The van der Waals surface area contributed by atoms with Crippen LogP contribution in [0.1, 0.15) is 51.6 Å². The van der Waals surface area contributed by atoms with Crippen LogP contribution < -0.4 is 5.32 Å². The Balaban J connectivity index is 3.36. The average Bonchev–Trinajstić information content (AvgIpc) is 2.47. The number of likely N-dealkylation sites (N-methyl/N-ethyl adjacent to an activating group) is 1. The molecule has 1 N–H and O–H groups in total. The minimum absolute atomic E-state index is 0.0174. The average molecular weight is 331 g/mol. The Hall–Kier alpha value is -0.280. The number of rotatable bonds is 8. The van der Waals surface area contributed by atoms with Gasteiger partial charge < -0.3 is 10.2 Å². The third kappa shape index (κ3) is 3.92. The molecule has 0 heterocycles. The summed E-state index contributed by atoms with van der Waals surface area (Å²) >= 11 is 12.7. The van der Waals surface area contributed by atoms with Crippen LogP contribution in [0, 0.1) is 0 Å². The normalized spacial score (nSPS) is 13.7. The summed E-state index contributed by atoms with van der Waals surface area (Å²) in [5.41, 5.74) is 1.11. The first kappa shape index (κ1) is 18.8. The minimum Gasteiger partial charge on any atom is -0.308 e. The number of hydrogen-bond donors (Lipinski definition) is 1. The Morgan fingerprint density at radius 3 is 2.24 bits per heavy atom. The predicted molar refractivity (Wildman–Crippen MR) is 94.5 cm³/mol. The Kier molecular flexibility index (Phi) is 7.49. The lowest BCUT2D eigenvalue weighted by Gasteiger charge is -2.46. The van der Waals surface area contributed by atoms with E-state index in [1.54, 1.807) is 0 Å². The van der Waals surface area contributed by atoms with Crippen molar-refractivity contribution in [2.24, 2.45) is 0 Å². The first-order chi connectivity index (χ1) is 9.94. The van der Waals surface area contributed by atoms with Crippen molar-refractivity contribution in [1.82, 2.24) is 10.2 Å².